The van der Waals surface area contributed by atoms with Gasteiger partial charge in [-0.1, -0.05) is 27.7 Å². The van der Waals surface area contributed by atoms with Crippen molar-refractivity contribution in [2.45, 2.75) is 134 Å². The summed E-state index contributed by atoms with van der Waals surface area (Å²) in [7, 11) is -1.09. The van der Waals surface area contributed by atoms with Gasteiger partial charge in [0.05, 0.1) is 62.4 Å². The molecule has 11 heteroatoms. The lowest BCUT2D eigenvalue weighted by Crippen LogP contribution is -2.58. The van der Waals surface area contributed by atoms with Crippen LogP contribution in [-0.2, 0) is 18.9 Å². The van der Waals surface area contributed by atoms with Crippen molar-refractivity contribution in [1.29, 1.82) is 0 Å². The quantitative estimate of drug-likeness (QED) is 0.355. The number of morpholine rings is 1. The Morgan fingerprint density at radius 3 is 2.56 bits per heavy atom. The van der Waals surface area contributed by atoms with Crippen LogP contribution < -0.4 is 4.74 Å². The predicted molar refractivity (Wildman–Crippen MR) is 193 cm³/mol. The summed E-state index contributed by atoms with van der Waals surface area (Å²) < 4.78 is 31.7. The minimum absolute atomic E-state index is 0.0582. The molecule has 0 amide bonds. The topological polar surface area (TPSA) is 116 Å². The minimum atomic E-state index is -1.19. The van der Waals surface area contributed by atoms with Crippen LogP contribution in [0, 0.1) is 34.0 Å². The number of hydrogen-bond acceptors (Lipinski definition) is 10. The summed E-state index contributed by atoms with van der Waals surface area (Å²) in [5.41, 5.74) is -0.513. The van der Waals surface area contributed by atoms with Crippen LogP contribution in [0.2, 0.25) is 0 Å². The fourth-order valence-corrected chi connectivity index (χ4v) is 17.4. The van der Waals surface area contributed by atoms with E-state index in [2.05, 4.69) is 48.8 Å². The summed E-state index contributed by atoms with van der Waals surface area (Å²) in [4.78, 5) is 11.0. The van der Waals surface area contributed by atoms with Gasteiger partial charge < -0.3 is 33.9 Å². The van der Waals surface area contributed by atoms with Crippen LogP contribution in [-0.4, -0.2) is 129 Å². The van der Waals surface area contributed by atoms with Crippen LogP contribution in [0.1, 0.15) is 80.1 Å². The molecule has 0 radical (unpaired) electrons. The van der Waals surface area contributed by atoms with Crippen molar-refractivity contribution in [3.8, 4) is 6.01 Å². The standard InChI is InChI=1S/C39H63N3O7S/c1-8-27(34(37(5,6)44)49-35-40-15-9-16-41-35)47-28-23-50(7)19-14-38-24(2)39(38)13-12-30(48-31-20-42(17-18-46-31)25-21-45-22-25)36(3,4)29(39)11-10-26(38)33(50)32(28)43/h9,15-16,24-34,43-44H,8,10-14,17-23H2,1-7H3/t24-,26-,27+,28-,29-,30-,31?,32-,33?,34-,38?,39+/m0/s1. The Bertz CT molecular complexity index is 1380. The van der Waals surface area contributed by atoms with Gasteiger partial charge in [-0.05, 0) is 104 Å². The normalized spacial score (nSPS) is 46.6. The second kappa shape index (κ2) is 12.8. The fraction of sp³-hybridized carbons (Fsp3) is 0.897. The molecule has 2 spiro atoms. The number of ether oxygens (including phenoxy) is 5. The summed E-state index contributed by atoms with van der Waals surface area (Å²) in [5.74, 6) is 3.92. The van der Waals surface area contributed by atoms with Crippen molar-refractivity contribution in [3.63, 3.8) is 0 Å². The lowest BCUT2D eigenvalue weighted by molar-refractivity contribution is -0.252. The van der Waals surface area contributed by atoms with E-state index in [0.717, 1.165) is 45.1 Å². The molecule has 0 aromatic carbocycles. The van der Waals surface area contributed by atoms with Crippen LogP contribution >= 0.6 is 10.0 Å². The van der Waals surface area contributed by atoms with E-state index < -0.39 is 33.9 Å². The van der Waals surface area contributed by atoms with Crippen molar-refractivity contribution >= 4 is 10.0 Å². The molecule has 3 saturated carbocycles. The molecule has 1 aromatic rings. The van der Waals surface area contributed by atoms with E-state index in [-0.39, 0.29) is 35.2 Å². The second-order valence-electron chi connectivity index (χ2n) is 18.3. The number of aliphatic hydroxyl groups excluding tert-OH is 1. The number of aromatic nitrogens is 2. The Balaban J connectivity index is 0.985. The van der Waals surface area contributed by atoms with E-state index in [1.54, 1.807) is 32.3 Å². The van der Waals surface area contributed by atoms with Gasteiger partial charge in [0.15, 0.2) is 12.4 Å². The molecule has 3 aliphatic carbocycles. The minimum Gasteiger partial charge on any atom is -0.454 e. The largest absolute Gasteiger partial charge is 0.454 e. The average molecular weight is 718 g/mol. The number of hydrogen-bond donors (Lipinski definition) is 2. The van der Waals surface area contributed by atoms with Crippen LogP contribution in [0.25, 0.3) is 0 Å². The van der Waals surface area contributed by atoms with Gasteiger partial charge >= 0.3 is 6.01 Å². The summed E-state index contributed by atoms with van der Waals surface area (Å²) in [6, 6.07) is 2.49. The molecule has 4 unspecified atom stereocenters. The highest BCUT2D eigenvalue weighted by atomic mass is 32.3. The smallest absolute Gasteiger partial charge is 0.316 e. The summed E-state index contributed by atoms with van der Waals surface area (Å²) in [5, 5.41) is 23.9. The van der Waals surface area contributed by atoms with E-state index in [1.165, 1.54) is 31.4 Å². The third-order valence-electron chi connectivity index (χ3n) is 15.3. The molecule has 0 bridgehead atoms. The van der Waals surface area contributed by atoms with Gasteiger partial charge in [0.2, 0.25) is 0 Å². The maximum atomic E-state index is 12.4. The van der Waals surface area contributed by atoms with Gasteiger partial charge in [0.1, 0.15) is 0 Å². The maximum Gasteiger partial charge on any atom is 0.316 e. The molecule has 4 aliphatic heterocycles. The third kappa shape index (κ3) is 5.44. The number of nitrogens with zero attached hydrogens (tertiary/aromatic N) is 3. The van der Waals surface area contributed by atoms with Gasteiger partial charge in [0.25, 0.3) is 0 Å². The van der Waals surface area contributed by atoms with Gasteiger partial charge in [0, 0.05) is 29.9 Å². The van der Waals surface area contributed by atoms with Crippen LogP contribution in [0.15, 0.2) is 18.5 Å². The molecule has 5 heterocycles. The highest BCUT2D eigenvalue weighted by molar-refractivity contribution is 8.34. The molecule has 10 nitrogen and oxygen atoms in total. The summed E-state index contributed by atoms with van der Waals surface area (Å²) in [6.45, 7) is 17.3. The Hall–Kier alpha value is -1.05. The van der Waals surface area contributed by atoms with Crippen molar-refractivity contribution in [2.75, 3.05) is 50.7 Å². The Kier molecular flexibility index (Phi) is 9.19. The van der Waals surface area contributed by atoms with Crippen molar-refractivity contribution in [1.82, 2.24) is 14.9 Å². The first-order valence-electron chi connectivity index (χ1n) is 19.6. The first-order chi connectivity index (χ1) is 23.8. The maximum absolute atomic E-state index is 12.4. The molecular weight excluding hydrogens is 655 g/mol. The Labute approximate surface area is 301 Å². The van der Waals surface area contributed by atoms with Crippen LogP contribution in [0.4, 0.5) is 0 Å². The zero-order valence-corrected chi connectivity index (χ0v) is 32.3. The molecular formula is C39H63N3O7S. The summed E-state index contributed by atoms with van der Waals surface area (Å²) in [6.07, 6.45) is 10.6. The van der Waals surface area contributed by atoms with Crippen molar-refractivity contribution < 1.29 is 33.9 Å². The first kappa shape index (κ1) is 36.0. The van der Waals surface area contributed by atoms with Gasteiger partial charge in [-0.2, -0.15) is 0 Å². The molecule has 7 aliphatic rings. The number of fused-ring (bicyclic) bond motifs is 2. The molecule has 4 saturated heterocycles. The average Bonchev–Trinajstić information content (AvgIpc) is 3.46. The summed E-state index contributed by atoms with van der Waals surface area (Å²) >= 11 is 0. The van der Waals surface area contributed by atoms with E-state index in [9.17, 15) is 10.2 Å². The zero-order chi connectivity index (χ0) is 35.3. The lowest BCUT2D eigenvalue weighted by atomic mass is 9.51. The number of rotatable bonds is 10. The van der Waals surface area contributed by atoms with Crippen molar-refractivity contribution in [3.05, 3.63) is 18.5 Å². The highest BCUT2D eigenvalue weighted by Crippen LogP contribution is 2.90. The number of aliphatic hydroxyl groups is 2. The monoisotopic (exact) mass is 717 g/mol. The van der Waals surface area contributed by atoms with Gasteiger partial charge in [-0.15, -0.1) is 0 Å². The van der Waals surface area contributed by atoms with Gasteiger partial charge in [-0.3, -0.25) is 4.90 Å². The van der Waals surface area contributed by atoms with Crippen LogP contribution in [0.3, 0.4) is 0 Å². The Morgan fingerprint density at radius 1 is 1.12 bits per heavy atom. The fourth-order valence-electron chi connectivity index (χ4n) is 12.9. The molecule has 13 atom stereocenters. The molecule has 1 aromatic heterocycles. The molecule has 7 fully saturated rings. The van der Waals surface area contributed by atoms with E-state index in [0.29, 0.717) is 41.0 Å². The molecule has 282 valence electrons. The third-order valence-corrected chi connectivity index (χ3v) is 19.5. The molecule has 50 heavy (non-hydrogen) atoms. The Morgan fingerprint density at radius 2 is 1.88 bits per heavy atom. The van der Waals surface area contributed by atoms with E-state index >= 15 is 0 Å². The van der Waals surface area contributed by atoms with Gasteiger partial charge in [-0.25, -0.2) is 20.0 Å². The molecule has 2 N–H and O–H groups in total. The van der Waals surface area contributed by atoms with E-state index in [4.69, 9.17) is 23.7 Å². The first-order valence-corrected chi connectivity index (χ1v) is 22.0. The van der Waals surface area contributed by atoms with Crippen molar-refractivity contribution in [2.24, 2.45) is 34.0 Å². The SMILES string of the molecule is CC[C@@H](O[C@H]1CS2(C)CCC34[C@@H](CC[C@H]5C(C)(C)[C@@H](OC6CN(C7COC7)CCO6)CC[C@@]53[C@H]4C)C2[C@H]1O)[C@H](Oc1ncccn1)C(C)(C)O. The van der Waals surface area contributed by atoms with E-state index in [1.807, 2.05) is 0 Å². The lowest BCUT2D eigenvalue weighted by Gasteiger charge is -2.60. The second-order valence-corrected chi connectivity index (χ2v) is 22.3. The highest BCUT2D eigenvalue weighted by Gasteiger charge is 2.84. The predicted octanol–water partition coefficient (Wildman–Crippen LogP) is 4.65. The van der Waals surface area contributed by atoms with Crippen LogP contribution in [0.5, 0.6) is 6.01 Å². The zero-order valence-electron chi connectivity index (χ0n) is 31.5. The molecule has 8 rings (SSSR count).